The van der Waals surface area contributed by atoms with E-state index in [4.69, 9.17) is 10.5 Å². The van der Waals surface area contributed by atoms with E-state index in [9.17, 15) is 8.42 Å². The van der Waals surface area contributed by atoms with Crippen molar-refractivity contribution in [2.45, 2.75) is 6.54 Å². The van der Waals surface area contributed by atoms with Crippen LogP contribution in [0.3, 0.4) is 0 Å². The predicted octanol–water partition coefficient (Wildman–Crippen LogP) is 5.31. The van der Waals surface area contributed by atoms with E-state index in [1.54, 1.807) is 17.5 Å². The molecule has 8 nitrogen and oxygen atoms in total. The van der Waals surface area contributed by atoms with Crippen molar-refractivity contribution in [1.29, 1.82) is 0 Å². The number of pyridine rings is 1. The second-order valence-electron chi connectivity index (χ2n) is 8.58. The third-order valence-corrected chi connectivity index (χ3v) is 8.18. The van der Waals surface area contributed by atoms with Crippen LogP contribution in [0.25, 0.3) is 21.5 Å². The lowest BCUT2D eigenvalue weighted by Gasteiger charge is -2.11. The molecule has 3 aromatic carbocycles. The molecule has 0 spiro atoms. The number of nitrogens with two attached hydrogens (primary N) is 1. The number of rotatable bonds is 11. The van der Waals surface area contributed by atoms with Gasteiger partial charge in [0.05, 0.1) is 17.1 Å². The van der Waals surface area contributed by atoms with Gasteiger partial charge in [0.15, 0.2) is 9.84 Å². The Kier molecular flexibility index (Phi) is 7.94. The van der Waals surface area contributed by atoms with E-state index in [0.29, 0.717) is 13.1 Å². The predicted molar refractivity (Wildman–Crippen MR) is 154 cm³/mol. The Morgan fingerprint density at radius 3 is 2.50 bits per heavy atom. The van der Waals surface area contributed by atoms with Gasteiger partial charge in [0.25, 0.3) is 0 Å². The smallest absolute Gasteiger partial charge is 0.164 e. The first-order chi connectivity index (χ1) is 18.5. The lowest BCUT2D eigenvalue weighted by molar-refractivity contribution is 0.483. The van der Waals surface area contributed by atoms with Gasteiger partial charge in [-0.2, -0.15) is 0 Å². The standard InChI is InChI=1S/C28H27N5O3S2/c29-19-38(34,35)15-14-30-17-24-18-32-28(37-24)20-6-11-25-26(12-13-31-27(25)16-20)33-21-7-9-23(10-8-21)36-22-4-2-1-3-5-22/h1-13,16,18,30H,14-15,17,19,29H2,(H,31,33). The third kappa shape index (κ3) is 6.53. The van der Waals surface area contributed by atoms with E-state index in [2.05, 4.69) is 20.6 Å². The van der Waals surface area contributed by atoms with Crippen LogP contribution < -0.4 is 21.1 Å². The average Bonchev–Trinajstić information content (AvgIpc) is 3.42. The molecule has 0 bridgehead atoms. The second-order valence-corrected chi connectivity index (χ2v) is 11.9. The van der Waals surface area contributed by atoms with Crippen LogP contribution in [0.15, 0.2) is 91.3 Å². The molecule has 0 fully saturated rings. The largest absolute Gasteiger partial charge is 0.457 e. The Bertz CT molecular complexity index is 1620. The number of benzene rings is 3. The van der Waals surface area contributed by atoms with Gasteiger partial charge < -0.3 is 21.1 Å². The highest BCUT2D eigenvalue weighted by atomic mass is 32.2. The van der Waals surface area contributed by atoms with Crippen LogP contribution in [0.4, 0.5) is 11.4 Å². The van der Waals surface area contributed by atoms with Gasteiger partial charge in [0, 0.05) is 52.7 Å². The molecular weight excluding hydrogens is 518 g/mol. The van der Waals surface area contributed by atoms with Crippen LogP contribution in [0.1, 0.15) is 4.88 Å². The highest BCUT2D eigenvalue weighted by Crippen LogP contribution is 2.32. The highest BCUT2D eigenvalue weighted by molar-refractivity contribution is 7.91. The maximum Gasteiger partial charge on any atom is 0.164 e. The van der Waals surface area contributed by atoms with E-state index in [1.165, 1.54) is 0 Å². The first kappa shape index (κ1) is 25.8. The Labute approximate surface area is 225 Å². The SMILES string of the molecule is NCS(=O)(=O)CCNCc1cnc(-c2ccc3c(Nc4ccc(Oc5ccccc5)cc4)ccnc3c2)s1. The molecule has 0 atom stereocenters. The monoisotopic (exact) mass is 545 g/mol. The number of hydrogen-bond acceptors (Lipinski definition) is 9. The fourth-order valence-electron chi connectivity index (χ4n) is 3.82. The first-order valence-corrected chi connectivity index (χ1v) is 14.7. The number of sulfone groups is 1. The molecule has 194 valence electrons. The van der Waals surface area contributed by atoms with Gasteiger partial charge in [-0.05, 0) is 48.5 Å². The minimum atomic E-state index is -3.18. The highest BCUT2D eigenvalue weighted by Gasteiger charge is 2.10. The molecule has 0 unspecified atom stereocenters. The summed E-state index contributed by atoms with van der Waals surface area (Å²) in [5, 5.41) is 8.50. The zero-order valence-electron chi connectivity index (χ0n) is 20.5. The molecule has 10 heteroatoms. The van der Waals surface area contributed by atoms with Gasteiger partial charge in [-0.25, -0.2) is 13.4 Å². The van der Waals surface area contributed by atoms with Crippen LogP contribution in [0, 0.1) is 0 Å². The number of nitrogens with zero attached hydrogens (tertiary/aromatic N) is 2. The van der Waals surface area contributed by atoms with E-state index < -0.39 is 9.84 Å². The van der Waals surface area contributed by atoms with E-state index in [0.717, 1.165) is 49.2 Å². The van der Waals surface area contributed by atoms with Crippen molar-refractivity contribution in [3.8, 4) is 22.1 Å². The van der Waals surface area contributed by atoms with Crippen molar-refractivity contribution in [2.75, 3.05) is 23.5 Å². The van der Waals surface area contributed by atoms with Gasteiger partial charge in [0.1, 0.15) is 16.5 Å². The normalized spacial score (nSPS) is 11.5. The lowest BCUT2D eigenvalue weighted by Crippen LogP contribution is -2.26. The quantitative estimate of drug-likeness (QED) is 0.191. The molecule has 2 aromatic heterocycles. The van der Waals surface area contributed by atoms with Crippen LogP contribution in [-0.4, -0.2) is 36.6 Å². The van der Waals surface area contributed by atoms with Crippen molar-refractivity contribution in [3.63, 3.8) is 0 Å². The van der Waals surface area contributed by atoms with Crippen molar-refractivity contribution in [3.05, 3.63) is 96.1 Å². The number of fused-ring (bicyclic) bond motifs is 1. The maximum absolute atomic E-state index is 11.5. The molecule has 0 aliphatic heterocycles. The van der Waals surface area contributed by atoms with Gasteiger partial charge in [-0.1, -0.05) is 30.3 Å². The van der Waals surface area contributed by atoms with Gasteiger partial charge in [0.2, 0.25) is 0 Å². The summed E-state index contributed by atoms with van der Waals surface area (Å²) in [5.74, 6) is 1.26. The Hall–Kier alpha value is -3.83. The van der Waals surface area contributed by atoms with Crippen molar-refractivity contribution < 1.29 is 13.2 Å². The summed E-state index contributed by atoms with van der Waals surface area (Å²) in [6.45, 7) is 0.901. The number of nitrogens with one attached hydrogen (secondary N) is 2. The second kappa shape index (κ2) is 11.7. The summed E-state index contributed by atoms with van der Waals surface area (Å²) in [6.07, 6.45) is 3.60. The lowest BCUT2D eigenvalue weighted by atomic mass is 10.1. The van der Waals surface area contributed by atoms with E-state index >= 15 is 0 Å². The van der Waals surface area contributed by atoms with Crippen molar-refractivity contribution in [2.24, 2.45) is 5.73 Å². The Balaban J connectivity index is 1.25. The number of hydrogen-bond donors (Lipinski definition) is 3. The van der Waals surface area contributed by atoms with Gasteiger partial charge in [-0.15, -0.1) is 11.3 Å². The summed E-state index contributed by atoms with van der Waals surface area (Å²) >= 11 is 1.56. The molecule has 4 N–H and O–H groups in total. The average molecular weight is 546 g/mol. The first-order valence-electron chi connectivity index (χ1n) is 12.0. The maximum atomic E-state index is 11.5. The minimum absolute atomic E-state index is 0.0213. The number of ether oxygens (including phenoxy) is 1. The molecule has 0 amide bonds. The zero-order chi connectivity index (χ0) is 26.4. The molecule has 0 radical (unpaired) electrons. The Morgan fingerprint density at radius 2 is 1.71 bits per heavy atom. The van der Waals surface area contributed by atoms with Crippen LogP contribution in [0.2, 0.25) is 0 Å². The number of thiazole rings is 1. The molecule has 5 rings (SSSR count). The Morgan fingerprint density at radius 1 is 0.921 bits per heavy atom. The molecular formula is C28H27N5O3S2. The molecule has 0 aliphatic rings. The van der Waals surface area contributed by atoms with Crippen LogP contribution in [0.5, 0.6) is 11.5 Å². The third-order valence-electron chi connectivity index (χ3n) is 5.80. The summed E-state index contributed by atoms with van der Waals surface area (Å²) in [5.41, 5.74) is 8.98. The molecule has 2 heterocycles. The van der Waals surface area contributed by atoms with E-state index in [-0.39, 0.29) is 11.6 Å². The number of para-hydroxylation sites is 1. The molecule has 0 saturated heterocycles. The fraction of sp³-hybridized carbons (Fsp3) is 0.143. The van der Waals surface area contributed by atoms with Gasteiger partial charge in [-0.3, -0.25) is 4.98 Å². The summed E-state index contributed by atoms with van der Waals surface area (Å²) in [6, 6.07) is 25.6. The van der Waals surface area contributed by atoms with E-state index in [1.807, 2.05) is 85.1 Å². The molecule has 5 aromatic rings. The van der Waals surface area contributed by atoms with Crippen LogP contribution in [-0.2, 0) is 16.4 Å². The van der Waals surface area contributed by atoms with Crippen LogP contribution >= 0.6 is 11.3 Å². The topological polar surface area (TPSA) is 119 Å². The molecule has 38 heavy (non-hydrogen) atoms. The zero-order valence-corrected chi connectivity index (χ0v) is 22.1. The summed E-state index contributed by atoms with van der Waals surface area (Å²) < 4.78 is 28.9. The molecule has 0 aliphatic carbocycles. The summed E-state index contributed by atoms with van der Waals surface area (Å²) in [7, 11) is -3.18. The summed E-state index contributed by atoms with van der Waals surface area (Å²) in [4.78, 5) is 10.1. The minimum Gasteiger partial charge on any atom is -0.457 e. The van der Waals surface area contributed by atoms with Crippen molar-refractivity contribution >= 4 is 43.5 Å². The number of aromatic nitrogens is 2. The number of anilines is 2. The fourth-order valence-corrected chi connectivity index (χ4v) is 5.32. The van der Waals surface area contributed by atoms with Crippen molar-refractivity contribution in [1.82, 2.24) is 15.3 Å². The van der Waals surface area contributed by atoms with Gasteiger partial charge >= 0.3 is 0 Å². The molecule has 0 saturated carbocycles.